The number of azo groups is 1. The van der Waals surface area contributed by atoms with E-state index in [0.717, 1.165) is 29.2 Å². The van der Waals surface area contributed by atoms with E-state index in [-0.39, 0.29) is 145 Å². The molecule has 256 valence electrons. The number of ether oxygens (including phenoxy) is 1. The van der Waals surface area contributed by atoms with Crippen LogP contribution in [0.1, 0.15) is 5.56 Å². The summed E-state index contributed by atoms with van der Waals surface area (Å²) < 4.78 is 112. The van der Waals surface area contributed by atoms with Crippen LogP contribution in [-0.2, 0) is 30.4 Å². The van der Waals surface area contributed by atoms with Crippen molar-refractivity contribution in [2.75, 3.05) is 23.2 Å². The first-order valence-electron chi connectivity index (χ1n) is 13.5. The first kappa shape index (κ1) is 46.3. The Morgan fingerprint density at radius 3 is 2.04 bits per heavy atom. The molecule has 0 atom stereocenters. The second-order valence-electron chi connectivity index (χ2n) is 10.0. The van der Waals surface area contributed by atoms with Crippen molar-refractivity contribution in [1.29, 1.82) is 0 Å². The monoisotopic (exact) mass is 815 g/mol. The predicted molar refractivity (Wildman–Crippen MR) is 173 cm³/mol. The van der Waals surface area contributed by atoms with Gasteiger partial charge in [-0.15, -0.1) is 0 Å². The number of aryl methyl sites for hydroxylation is 1. The number of methoxy groups -OCH3 is 1. The van der Waals surface area contributed by atoms with Gasteiger partial charge in [-0.05, 0) is 60.5 Å². The molecule has 0 amide bonds. The number of hydrogen-bond acceptors (Lipinski definition) is 17. The zero-order valence-corrected chi connectivity index (χ0v) is 37.2. The van der Waals surface area contributed by atoms with Crippen molar-refractivity contribution >= 4 is 87.4 Å². The number of anilines is 4. The summed E-state index contributed by atoms with van der Waals surface area (Å²) in [6.07, 6.45) is 0. The molecule has 0 aliphatic heterocycles. The van der Waals surface area contributed by atoms with Gasteiger partial charge in [-0.2, -0.15) is 25.2 Å². The molecule has 0 fully saturated rings. The Morgan fingerprint density at radius 1 is 0.788 bits per heavy atom. The number of nitrogens with zero attached hydrogens (tertiary/aromatic N) is 6. The molecule has 5 rings (SSSR count). The van der Waals surface area contributed by atoms with Gasteiger partial charge in [0.05, 0.1) is 34.0 Å². The van der Waals surface area contributed by atoms with E-state index in [0.29, 0.717) is 5.56 Å². The Labute approximate surface area is 369 Å². The summed E-state index contributed by atoms with van der Waals surface area (Å²) in [4.78, 5) is 11.7. The van der Waals surface area contributed by atoms with Gasteiger partial charge in [0.25, 0.3) is 0 Å². The van der Waals surface area contributed by atoms with E-state index in [9.17, 15) is 38.9 Å². The Bertz CT molecular complexity index is 2470. The van der Waals surface area contributed by atoms with Crippen LogP contribution < -0.4 is 104 Å². The van der Waals surface area contributed by atoms with Crippen LogP contribution in [0.3, 0.4) is 0 Å². The van der Waals surface area contributed by atoms with E-state index < -0.39 is 46.0 Å². The summed E-state index contributed by atoms with van der Waals surface area (Å²) in [6, 6.07) is 16.3. The molecule has 0 unspecified atom stereocenters. The van der Waals surface area contributed by atoms with Crippen LogP contribution in [0.5, 0.6) is 5.75 Å². The SMILES string of the molecule is COc1cc(N=Nc2cc(S(=O)(=O)[O-])c3cccc(S(=O)(=O)[O-])c3c2)c(C)cc1Nc1nc(Cl)nc(N(CS(=O)(=O)[O-])c2ccccc2)n1.[Na+].[Na+].[Na+]. The standard InChI is InChI=1S/C28H24ClN7O10S3.3Na/c1-16-11-22(30-27-31-26(29)32-28(33-27)36(15-47(37,38)39)18-7-4-3-5-8-18)23(46-2)14-21(16)35-34-17-12-20-19(25(13-17)49(43,44)45)9-6-10-24(20)48(40,41)42;;;/h3-14H,15H2,1-2H3,(H,37,38,39)(H,40,41,42)(H,43,44,45)(H,30,31,32,33);;;/q;3*+1/p-3. The van der Waals surface area contributed by atoms with Crippen molar-refractivity contribution in [3.63, 3.8) is 0 Å². The van der Waals surface area contributed by atoms with Crippen molar-refractivity contribution in [3.05, 3.63) is 83.6 Å². The summed E-state index contributed by atoms with van der Waals surface area (Å²) in [6.45, 7) is 1.62. The summed E-state index contributed by atoms with van der Waals surface area (Å²) in [5, 5.41) is 10.1. The van der Waals surface area contributed by atoms with Crippen molar-refractivity contribution in [2.45, 2.75) is 16.7 Å². The third kappa shape index (κ3) is 11.6. The smallest absolute Gasteiger partial charge is 0.747 e. The predicted octanol–water partition coefficient (Wildman–Crippen LogP) is -4.38. The van der Waals surface area contributed by atoms with E-state index in [2.05, 4.69) is 30.5 Å². The molecule has 0 radical (unpaired) electrons. The summed E-state index contributed by atoms with van der Waals surface area (Å²) in [7, 11) is -13.7. The van der Waals surface area contributed by atoms with Crippen LogP contribution in [0, 0.1) is 6.92 Å². The molecular weight excluding hydrogens is 795 g/mol. The van der Waals surface area contributed by atoms with Crippen LogP contribution >= 0.6 is 11.6 Å². The van der Waals surface area contributed by atoms with Crippen LogP contribution in [0.15, 0.2) is 92.8 Å². The molecule has 24 heteroatoms. The van der Waals surface area contributed by atoms with Crippen molar-refractivity contribution in [1.82, 2.24) is 15.0 Å². The molecule has 0 aliphatic rings. The second-order valence-corrected chi connectivity index (χ2v) is 14.5. The topological polar surface area (TPSA) is 259 Å². The maximum absolute atomic E-state index is 12.0. The first-order valence-corrected chi connectivity index (χ1v) is 18.2. The van der Waals surface area contributed by atoms with E-state index >= 15 is 0 Å². The Kier molecular flexibility index (Phi) is 16.6. The molecule has 52 heavy (non-hydrogen) atoms. The number of rotatable bonds is 11. The maximum Gasteiger partial charge on any atom is 1.00 e. The van der Waals surface area contributed by atoms with Gasteiger partial charge in [0.15, 0.2) is 0 Å². The molecule has 1 aromatic heterocycles. The minimum Gasteiger partial charge on any atom is -0.747 e. The minimum atomic E-state index is -5.14. The average molecular weight is 816 g/mol. The quantitative estimate of drug-likeness (QED) is 0.0750. The summed E-state index contributed by atoms with van der Waals surface area (Å²) >= 11 is 6.14. The molecule has 1 heterocycles. The number of fused-ring (bicyclic) bond motifs is 1. The van der Waals surface area contributed by atoms with Crippen LogP contribution in [0.4, 0.5) is 34.6 Å². The maximum atomic E-state index is 12.0. The Hall–Kier alpha value is -1.83. The number of nitrogens with one attached hydrogen (secondary N) is 1. The molecule has 5 aromatic rings. The molecule has 4 aromatic carbocycles. The molecule has 0 saturated heterocycles. The van der Waals surface area contributed by atoms with E-state index in [1.54, 1.807) is 37.3 Å². The largest absolute Gasteiger partial charge is 1.00 e. The van der Waals surface area contributed by atoms with Crippen molar-refractivity contribution < 1.29 is 132 Å². The fraction of sp³-hybridized carbons (Fsp3) is 0.107. The molecule has 0 spiro atoms. The van der Waals surface area contributed by atoms with Gasteiger partial charge in [0.1, 0.15) is 42.0 Å². The molecule has 17 nitrogen and oxygen atoms in total. The molecule has 1 N–H and O–H groups in total. The molecule has 0 bridgehead atoms. The normalized spacial score (nSPS) is 11.7. The van der Waals surface area contributed by atoms with Gasteiger partial charge in [-0.1, -0.05) is 30.3 Å². The fourth-order valence-electron chi connectivity index (χ4n) is 4.61. The van der Waals surface area contributed by atoms with Gasteiger partial charge in [0.2, 0.25) is 17.2 Å². The summed E-state index contributed by atoms with van der Waals surface area (Å²) in [5.41, 5.74) is 0.954. The van der Waals surface area contributed by atoms with E-state index in [1.807, 2.05) is 0 Å². The zero-order chi connectivity index (χ0) is 35.7. The van der Waals surface area contributed by atoms with Gasteiger partial charge in [-0.25, -0.2) is 25.3 Å². The van der Waals surface area contributed by atoms with E-state index in [4.69, 9.17) is 16.3 Å². The van der Waals surface area contributed by atoms with Gasteiger partial charge >= 0.3 is 88.7 Å². The minimum absolute atomic E-state index is 0. The second kappa shape index (κ2) is 18.7. The van der Waals surface area contributed by atoms with Crippen LogP contribution in [0.2, 0.25) is 5.28 Å². The zero-order valence-electron chi connectivity index (χ0n) is 28.0. The van der Waals surface area contributed by atoms with Gasteiger partial charge in [-0.3, -0.25) is 4.90 Å². The first-order chi connectivity index (χ1) is 22.9. The third-order valence-corrected chi connectivity index (χ3v) is 9.19. The number of para-hydroxylation sites is 1. The number of hydrogen-bond donors (Lipinski definition) is 1. The average Bonchev–Trinajstić information content (AvgIpc) is 3.01. The molecule has 0 saturated carbocycles. The Balaban J connectivity index is 0.00000312. The Morgan fingerprint density at radius 2 is 1.44 bits per heavy atom. The third-order valence-electron chi connectivity index (χ3n) is 6.67. The summed E-state index contributed by atoms with van der Waals surface area (Å²) in [5.74, 6) is -1.26. The van der Waals surface area contributed by atoms with E-state index in [1.165, 1.54) is 25.3 Å². The fourth-order valence-corrected chi connectivity index (χ4v) is 6.74. The van der Waals surface area contributed by atoms with Crippen LogP contribution in [-0.4, -0.2) is 66.9 Å². The van der Waals surface area contributed by atoms with Crippen molar-refractivity contribution in [3.8, 4) is 5.75 Å². The molecular formula is C28H21ClN7Na3O10S3. The van der Waals surface area contributed by atoms with Gasteiger partial charge < -0.3 is 23.7 Å². The van der Waals surface area contributed by atoms with Crippen molar-refractivity contribution in [2.24, 2.45) is 10.2 Å². The number of aromatic nitrogens is 3. The van der Waals surface area contributed by atoms with Gasteiger partial charge in [0, 0.05) is 22.5 Å². The molecule has 0 aliphatic carbocycles. The number of halogens is 1. The van der Waals surface area contributed by atoms with Crippen LogP contribution in [0.25, 0.3) is 10.8 Å². The number of benzene rings is 4.